The van der Waals surface area contributed by atoms with Crippen molar-refractivity contribution in [3.8, 4) is 0 Å². The van der Waals surface area contributed by atoms with E-state index in [2.05, 4.69) is 0 Å². The molecule has 1 aliphatic rings. The van der Waals surface area contributed by atoms with Crippen LogP contribution in [0, 0.1) is 5.92 Å². The van der Waals surface area contributed by atoms with E-state index in [-0.39, 0.29) is 18.3 Å². The van der Waals surface area contributed by atoms with Crippen LogP contribution >= 0.6 is 10.4 Å². The Hall–Kier alpha value is -1.88. The van der Waals surface area contributed by atoms with Gasteiger partial charge < -0.3 is 4.74 Å². The fourth-order valence-corrected chi connectivity index (χ4v) is 5.65. The number of esters is 1. The predicted octanol–water partition coefficient (Wildman–Crippen LogP) is 4.39. The number of rotatable bonds is 3. The van der Waals surface area contributed by atoms with Gasteiger partial charge in [-0.05, 0) is 41.1 Å². The molecule has 5 heteroatoms. The molecule has 3 nitrogen and oxygen atoms in total. The zero-order valence-corrected chi connectivity index (χ0v) is 13.9. The van der Waals surface area contributed by atoms with Gasteiger partial charge in [0.25, 0.3) is 0 Å². The Morgan fingerprint density at radius 2 is 1.91 bits per heavy atom. The largest absolute Gasteiger partial charge is 0.463 e. The molecule has 1 aliphatic heterocycles. The minimum Gasteiger partial charge on any atom is -0.463 e. The minimum atomic E-state index is -3.16. The number of halogens is 1. The van der Waals surface area contributed by atoms with E-state index < -0.39 is 27.4 Å². The second-order valence-electron chi connectivity index (χ2n) is 6.06. The zero-order valence-electron chi connectivity index (χ0n) is 13.1. The van der Waals surface area contributed by atoms with Gasteiger partial charge in [-0.2, -0.15) is 3.89 Å². The molecule has 0 aliphatic carbocycles. The molecule has 0 bridgehead atoms. The summed E-state index contributed by atoms with van der Waals surface area (Å²) >= 11 is 0. The summed E-state index contributed by atoms with van der Waals surface area (Å²) in [6, 6.07) is 12.8. The van der Waals surface area contributed by atoms with E-state index in [0.717, 1.165) is 10.8 Å². The van der Waals surface area contributed by atoms with E-state index in [1.54, 1.807) is 26.0 Å². The molecular weight excluding hydrogens is 315 g/mol. The molecule has 0 amide bonds. The van der Waals surface area contributed by atoms with Gasteiger partial charge in [-0.25, -0.2) is 0 Å². The number of ether oxygens (including phenoxy) is 1. The topological polar surface area (TPSA) is 43.4 Å². The van der Waals surface area contributed by atoms with Crippen LogP contribution in [-0.4, -0.2) is 22.9 Å². The average Bonchev–Trinajstić information content (AvgIpc) is 2.83. The molecule has 2 aromatic rings. The van der Waals surface area contributed by atoms with Crippen LogP contribution in [0.2, 0.25) is 0 Å². The summed E-state index contributed by atoms with van der Waals surface area (Å²) in [6.45, 7) is 3.49. The fourth-order valence-electron chi connectivity index (χ4n) is 2.93. The van der Waals surface area contributed by atoms with Crippen LogP contribution < -0.4 is 0 Å². The van der Waals surface area contributed by atoms with E-state index in [1.807, 2.05) is 30.3 Å². The molecule has 1 heterocycles. The van der Waals surface area contributed by atoms with Gasteiger partial charge in [0.2, 0.25) is 5.12 Å². The van der Waals surface area contributed by atoms with Gasteiger partial charge in [0.15, 0.2) is 0 Å². The first-order chi connectivity index (χ1) is 10.9. The maximum absolute atomic E-state index is 15.6. The molecule has 0 radical (unpaired) electrons. The Kier molecular flexibility index (Phi) is 4.15. The van der Waals surface area contributed by atoms with Crippen LogP contribution in [0.3, 0.4) is 0 Å². The Bertz CT molecular complexity index is 768. The molecule has 122 valence electrons. The Morgan fingerprint density at radius 1 is 1.22 bits per heavy atom. The summed E-state index contributed by atoms with van der Waals surface area (Å²) < 4.78 is 20.8. The molecular formula is C18H19FO3S. The van der Waals surface area contributed by atoms with Gasteiger partial charge in [0.1, 0.15) is 0 Å². The van der Waals surface area contributed by atoms with Crippen molar-refractivity contribution in [2.45, 2.75) is 31.3 Å². The summed E-state index contributed by atoms with van der Waals surface area (Å²) in [5.41, 5.74) is 0. The molecule has 2 unspecified atom stereocenters. The maximum atomic E-state index is 15.6. The highest BCUT2D eigenvalue weighted by Gasteiger charge is 2.48. The van der Waals surface area contributed by atoms with Crippen LogP contribution in [0.4, 0.5) is 3.89 Å². The summed E-state index contributed by atoms with van der Waals surface area (Å²) in [5.74, 6) is -1.21. The van der Waals surface area contributed by atoms with Crippen molar-refractivity contribution in [1.29, 1.82) is 0 Å². The predicted molar refractivity (Wildman–Crippen MR) is 90.1 cm³/mol. The van der Waals surface area contributed by atoms with Gasteiger partial charge in [0, 0.05) is 17.1 Å². The van der Waals surface area contributed by atoms with Crippen molar-refractivity contribution in [3.63, 3.8) is 0 Å². The highest BCUT2D eigenvalue weighted by Crippen LogP contribution is 2.65. The minimum absolute atomic E-state index is 0.0641. The van der Waals surface area contributed by atoms with Gasteiger partial charge in [-0.1, -0.05) is 36.4 Å². The molecule has 0 spiro atoms. The second-order valence-corrected chi connectivity index (χ2v) is 8.59. The number of carbonyl (C=O) groups is 2. The number of carbonyl (C=O) groups excluding carboxylic acids is 2. The van der Waals surface area contributed by atoms with E-state index in [0.29, 0.717) is 4.90 Å². The molecule has 1 fully saturated rings. The molecule has 23 heavy (non-hydrogen) atoms. The first-order valence-corrected chi connectivity index (χ1v) is 9.34. The maximum Gasteiger partial charge on any atom is 0.310 e. The summed E-state index contributed by atoms with van der Waals surface area (Å²) in [4.78, 5) is 24.9. The average molecular weight is 334 g/mol. The van der Waals surface area contributed by atoms with Crippen molar-refractivity contribution in [2.75, 3.05) is 5.75 Å². The third kappa shape index (κ3) is 2.85. The first-order valence-electron chi connectivity index (χ1n) is 7.63. The molecule has 2 atom stereocenters. The summed E-state index contributed by atoms with van der Waals surface area (Å²) in [7, 11) is -3.16. The Balaban J connectivity index is 1.98. The molecule has 0 saturated carbocycles. The van der Waals surface area contributed by atoms with Crippen LogP contribution in [0.5, 0.6) is 0 Å². The molecule has 0 N–H and O–H groups in total. The van der Waals surface area contributed by atoms with Crippen LogP contribution in [0.15, 0.2) is 47.4 Å². The lowest BCUT2D eigenvalue weighted by molar-refractivity contribution is -0.152. The smallest absolute Gasteiger partial charge is 0.310 e. The quantitative estimate of drug-likeness (QED) is 0.782. The standard InChI is InChI=1S/C18H19FO3S/c1-12(2)22-18(21)14-10-17(20)23(19,11-14)16-9-5-7-13-6-3-4-8-15(13)16/h3-9,12,14H,10-11H2,1-2H3. The van der Waals surface area contributed by atoms with Gasteiger partial charge in [-0.3, -0.25) is 9.59 Å². The fraction of sp³-hybridized carbons (Fsp3) is 0.333. The zero-order chi connectivity index (χ0) is 16.6. The van der Waals surface area contributed by atoms with E-state index in [4.69, 9.17) is 4.74 Å². The van der Waals surface area contributed by atoms with Crippen molar-refractivity contribution < 1.29 is 18.2 Å². The number of fused-ring (bicyclic) bond motifs is 1. The van der Waals surface area contributed by atoms with Crippen LogP contribution in [0.1, 0.15) is 20.3 Å². The van der Waals surface area contributed by atoms with E-state index >= 15 is 3.89 Å². The van der Waals surface area contributed by atoms with Crippen LogP contribution in [-0.2, 0) is 14.3 Å². The number of hydrogen-bond acceptors (Lipinski definition) is 3. The highest BCUT2D eigenvalue weighted by molar-refractivity contribution is 8.41. The molecule has 0 aromatic heterocycles. The van der Waals surface area contributed by atoms with Gasteiger partial charge in [-0.15, -0.1) is 0 Å². The number of hydrogen-bond donors (Lipinski definition) is 0. The second kappa shape index (κ2) is 5.96. The lowest BCUT2D eigenvalue weighted by atomic mass is 10.1. The molecule has 3 rings (SSSR count). The van der Waals surface area contributed by atoms with Gasteiger partial charge in [0.05, 0.1) is 12.0 Å². The van der Waals surface area contributed by atoms with Gasteiger partial charge >= 0.3 is 5.97 Å². The monoisotopic (exact) mass is 334 g/mol. The third-order valence-corrected chi connectivity index (χ3v) is 6.79. The number of benzene rings is 2. The summed E-state index contributed by atoms with van der Waals surface area (Å²) in [6.07, 6.45) is -0.333. The van der Waals surface area contributed by atoms with Crippen molar-refractivity contribution in [1.82, 2.24) is 0 Å². The normalized spacial score (nSPS) is 27.1. The Labute approximate surface area is 136 Å². The SMILES string of the molecule is CC(C)OC(=O)C1CC(=O)S(F)(c2cccc3ccccc23)C1. The van der Waals surface area contributed by atoms with Crippen LogP contribution in [0.25, 0.3) is 10.8 Å². The molecule has 2 aromatic carbocycles. The molecule has 1 saturated heterocycles. The Morgan fingerprint density at radius 3 is 2.65 bits per heavy atom. The summed E-state index contributed by atoms with van der Waals surface area (Å²) in [5, 5.41) is 1.19. The van der Waals surface area contributed by atoms with Crippen molar-refractivity contribution in [3.05, 3.63) is 42.5 Å². The van der Waals surface area contributed by atoms with Crippen molar-refractivity contribution in [2.24, 2.45) is 5.92 Å². The first kappa shape index (κ1) is 16.0. The van der Waals surface area contributed by atoms with Crippen molar-refractivity contribution >= 4 is 32.3 Å². The lowest BCUT2D eigenvalue weighted by Crippen LogP contribution is -2.21. The van der Waals surface area contributed by atoms with E-state index in [1.165, 1.54) is 0 Å². The van der Waals surface area contributed by atoms with E-state index in [9.17, 15) is 9.59 Å². The lowest BCUT2D eigenvalue weighted by Gasteiger charge is -2.25. The highest BCUT2D eigenvalue weighted by atomic mass is 32.3. The third-order valence-electron chi connectivity index (χ3n) is 3.99.